The quantitative estimate of drug-likeness (QED) is 0.505. The van der Waals surface area contributed by atoms with E-state index in [-0.39, 0.29) is 11.3 Å². The van der Waals surface area contributed by atoms with Gasteiger partial charge in [0.1, 0.15) is 5.75 Å². The zero-order valence-electron chi connectivity index (χ0n) is 18.2. The van der Waals surface area contributed by atoms with Gasteiger partial charge in [-0.3, -0.25) is 4.79 Å². The van der Waals surface area contributed by atoms with E-state index in [1.807, 2.05) is 30.3 Å². The number of amides is 1. The third-order valence-electron chi connectivity index (χ3n) is 4.90. The summed E-state index contributed by atoms with van der Waals surface area (Å²) >= 11 is 1.55. The van der Waals surface area contributed by atoms with Crippen molar-refractivity contribution in [2.45, 2.75) is 49.5 Å². The van der Waals surface area contributed by atoms with Gasteiger partial charge in [0, 0.05) is 11.4 Å². The first-order valence-electron chi connectivity index (χ1n) is 10.1. The summed E-state index contributed by atoms with van der Waals surface area (Å²) in [6, 6.07) is 17.9. The molecule has 0 aliphatic carbocycles. The number of hydrogen-bond acceptors (Lipinski definition) is 4. The number of ether oxygens (including phenoxy) is 1. The van der Waals surface area contributed by atoms with E-state index in [9.17, 15) is 4.79 Å². The Balaban J connectivity index is 1.60. The van der Waals surface area contributed by atoms with Crippen molar-refractivity contribution >= 4 is 17.7 Å². The van der Waals surface area contributed by atoms with E-state index in [1.54, 1.807) is 24.9 Å². The first-order valence-corrected chi connectivity index (χ1v) is 10.9. The second-order valence-electron chi connectivity index (χ2n) is 8.31. The van der Waals surface area contributed by atoms with Gasteiger partial charge in [-0.2, -0.15) is 0 Å². The molecule has 0 atom stereocenters. The smallest absolute Gasteiger partial charge is 0.287 e. The minimum atomic E-state index is -0.204. The van der Waals surface area contributed by atoms with Gasteiger partial charge in [0.2, 0.25) is 0 Å². The predicted octanol–water partition coefficient (Wildman–Crippen LogP) is 6.02. The van der Waals surface area contributed by atoms with E-state index >= 15 is 0 Å². The minimum absolute atomic E-state index is 0.0833. The SMILES string of the molecule is COc1cccc(CCNC(=O)c2ccc(Sc3cc(C(C)(C)C)ccc3C)o2)c1. The summed E-state index contributed by atoms with van der Waals surface area (Å²) in [5, 5.41) is 3.63. The lowest BCUT2D eigenvalue weighted by atomic mass is 9.87. The number of rotatable bonds is 7. The van der Waals surface area contributed by atoms with E-state index in [1.165, 1.54) is 11.1 Å². The molecule has 0 aliphatic heterocycles. The summed E-state index contributed by atoms with van der Waals surface area (Å²) in [5.74, 6) is 0.940. The third-order valence-corrected chi connectivity index (χ3v) is 5.98. The second kappa shape index (κ2) is 9.43. The van der Waals surface area contributed by atoms with Crippen LogP contribution in [0.15, 0.2) is 69.0 Å². The number of carbonyl (C=O) groups excluding carboxylic acids is 1. The highest BCUT2D eigenvalue weighted by Crippen LogP contribution is 2.34. The standard InChI is InChI=1S/C25H29NO3S/c1-17-9-10-19(25(2,3)4)16-22(17)30-23-12-11-21(29-23)24(27)26-14-13-18-7-6-8-20(15-18)28-5/h6-12,15-16H,13-14H2,1-5H3,(H,26,27). The van der Waals surface area contributed by atoms with Gasteiger partial charge in [0.15, 0.2) is 10.9 Å². The Kier molecular flexibility index (Phi) is 6.93. The van der Waals surface area contributed by atoms with E-state index in [0.717, 1.165) is 22.6 Å². The first kappa shape index (κ1) is 22.0. The number of hydrogen-bond donors (Lipinski definition) is 1. The lowest BCUT2D eigenvalue weighted by molar-refractivity contribution is 0.0921. The molecule has 0 spiro atoms. The van der Waals surface area contributed by atoms with Crippen LogP contribution in [0.3, 0.4) is 0 Å². The molecule has 0 saturated heterocycles. The van der Waals surface area contributed by atoms with Gasteiger partial charge in [0.05, 0.1) is 7.11 Å². The Labute approximate surface area is 183 Å². The molecule has 0 bridgehead atoms. The molecule has 30 heavy (non-hydrogen) atoms. The molecule has 1 aromatic heterocycles. The van der Waals surface area contributed by atoms with E-state index in [0.29, 0.717) is 17.4 Å². The van der Waals surface area contributed by atoms with Crippen molar-refractivity contribution in [3.8, 4) is 5.75 Å². The van der Waals surface area contributed by atoms with Crippen LogP contribution in [-0.4, -0.2) is 19.6 Å². The van der Waals surface area contributed by atoms with Crippen LogP contribution in [0.25, 0.3) is 0 Å². The highest BCUT2D eigenvalue weighted by atomic mass is 32.2. The second-order valence-corrected chi connectivity index (χ2v) is 9.35. The molecule has 0 fully saturated rings. The molecule has 0 radical (unpaired) electrons. The molecule has 3 aromatic rings. The average Bonchev–Trinajstić information content (AvgIpc) is 3.17. The molecular weight excluding hydrogens is 394 g/mol. The molecule has 1 N–H and O–H groups in total. The van der Waals surface area contributed by atoms with E-state index in [4.69, 9.17) is 9.15 Å². The fourth-order valence-electron chi connectivity index (χ4n) is 3.02. The van der Waals surface area contributed by atoms with E-state index < -0.39 is 0 Å². The maximum absolute atomic E-state index is 12.4. The van der Waals surface area contributed by atoms with Crippen LogP contribution >= 0.6 is 11.8 Å². The lowest BCUT2D eigenvalue weighted by Crippen LogP contribution is -2.25. The monoisotopic (exact) mass is 423 g/mol. The fraction of sp³-hybridized carbons (Fsp3) is 0.320. The number of nitrogens with one attached hydrogen (secondary N) is 1. The molecule has 158 valence electrons. The zero-order valence-corrected chi connectivity index (χ0v) is 19.1. The molecule has 5 heteroatoms. The predicted molar refractivity (Wildman–Crippen MR) is 122 cm³/mol. The molecule has 1 heterocycles. The summed E-state index contributed by atoms with van der Waals surface area (Å²) in [5.41, 5.74) is 3.66. The molecule has 0 saturated carbocycles. The summed E-state index contributed by atoms with van der Waals surface area (Å²) in [6.45, 7) is 9.22. The number of furan rings is 1. The zero-order chi connectivity index (χ0) is 21.7. The van der Waals surface area contributed by atoms with Gasteiger partial charge in [-0.15, -0.1) is 0 Å². The highest BCUT2D eigenvalue weighted by Gasteiger charge is 2.17. The first-order chi connectivity index (χ1) is 14.3. The van der Waals surface area contributed by atoms with Crippen molar-refractivity contribution < 1.29 is 13.9 Å². The highest BCUT2D eigenvalue weighted by molar-refractivity contribution is 7.99. The van der Waals surface area contributed by atoms with Crippen LogP contribution in [-0.2, 0) is 11.8 Å². The number of aryl methyl sites for hydroxylation is 1. The summed E-state index contributed by atoms with van der Waals surface area (Å²) in [6.07, 6.45) is 0.726. The summed E-state index contributed by atoms with van der Waals surface area (Å²) < 4.78 is 11.0. The molecule has 3 rings (SSSR count). The molecule has 4 nitrogen and oxygen atoms in total. The van der Waals surface area contributed by atoms with Crippen molar-refractivity contribution in [2.75, 3.05) is 13.7 Å². The molecule has 2 aromatic carbocycles. The van der Waals surface area contributed by atoms with Gasteiger partial charge in [-0.05, 0) is 65.8 Å². The van der Waals surface area contributed by atoms with Crippen molar-refractivity contribution in [2.24, 2.45) is 0 Å². The average molecular weight is 424 g/mol. The maximum atomic E-state index is 12.4. The molecule has 1 amide bonds. The van der Waals surface area contributed by atoms with Crippen LogP contribution in [0.4, 0.5) is 0 Å². The van der Waals surface area contributed by atoms with Crippen LogP contribution < -0.4 is 10.1 Å². The largest absolute Gasteiger partial charge is 0.497 e. The van der Waals surface area contributed by atoms with Gasteiger partial charge in [-0.25, -0.2) is 0 Å². The van der Waals surface area contributed by atoms with Gasteiger partial charge < -0.3 is 14.5 Å². The Morgan fingerprint density at radius 2 is 1.90 bits per heavy atom. The third kappa shape index (κ3) is 5.70. The minimum Gasteiger partial charge on any atom is -0.497 e. The van der Waals surface area contributed by atoms with E-state index in [2.05, 4.69) is 51.2 Å². The Morgan fingerprint density at radius 3 is 2.63 bits per heavy atom. The van der Waals surface area contributed by atoms with Crippen molar-refractivity contribution in [1.82, 2.24) is 5.32 Å². The lowest BCUT2D eigenvalue weighted by Gasteiger charge is -2.20. The Bertz CT molecular complexity index is 1020. The number of benzene rings is 2. The Hall–Kier alpha value is -2.66. The normalized spacial score (nSPS) is 11.4. The topological polar surface area (TPSA) is 51.5 Å². The number of methoxy groups -OCH3 is 1. The fourth-order valence-corrected chi connectivity index (χ4v) is 3.92. The summed E-state index contributed by atoms with van der Waals surface area (Å²) in [4.78, 5) is 13.6. The molecule has 0 aliphatic rings. The summed E-state index contributed by atoms with van der Waals surface area (Å²) in [7, 11) is 1.65. The van der Waals surface area contributed by atoms with Crippen molar-refractivity contribution in [3.05, 3.63) is 77.0 Å². The van der Waals surface area contributed by atoms with Gasteiger partial charge in [-0.1, -0.05) is 56.8 Å². The molecule has 0 unspecified atom stereocenters. The molecular formula is C25H29NO3S. The van der Waals surface area contributed by atoms with Gasteiger partial charge >= 0.3 is 0 Å². The van der Waals surface area contributed by atoms with Crippen molar-refractivity contribution in [3.63, 3.8) is 0 Å². The van der Waals surface area contributed by atoms with Crippen LogP contribution in [0.5, 0.6) is 5.75 Å². The maximum Gasteiger partial charge on any atom is 0.287 e. The number of carbonyl (C=O) groups is 1. The Morgan fingerprint density at radius 1 is 1.10 bits per heavy atom. The van der Waals surface area contributed by atoms with Crippen molar-refractivity contribution in [1.29, 1.82) is 0 Å². The van der Waals surface area contributed by atoms with Crippen LogP contribution in [0.2, 0.25) is 0 Å². The van der Waals surface area contributed by atoms with Crippen LogP contribution in [0, 0.1) is 6.92 Å². The van der Waals surface area contributed by atoms with Crippen LogP contribution in [0.1, 0.15) is 48.0 Å². The van der Waals surface area contributed by atoms with Gasteiger partial charge in [0.25, 0.3) is 5.91 Å².